The molecule has 0 aliphatic rings. The van der Waals surface area contributed by atoms with Crippen LogP contribution in [0.1, 0.15) is 0 Å². The summed E-state index contributed by atoms with van der Waals surface area (Å²) in [5, 5.41) is 0. The van der Waals surface area contributed by atoms with Crippen molar-refractivity contribution in [2.45, 2.75) is 0 Å². The number of methoxy groups -OCH3 is 6. The van der Waals surface area contributed by atoms with Crippen molar-refractivity contribution in [3.8, 4) is 0 Å². The first-order valence-electron chi connectivity index (χ1n) is 15.4. The Balaban J connectivity index is -0.000000588. The first-order chi connectivity index (χ1) is 22.2. The molecule has 0 aromatic heterocycles. The Morgan fingerprint density at radius 1 is 0.156 bits per heavy atom. The van der Waals surface area contributed by atoms with Crippen molar-refractivity contribution >= 4 is 0 Å². The highest BCUT2D eigenvalue weighted by Gasteiger charge is 1.93. The summed E-state index contributed by atoms with van der Waals surface area (Å²) in [4.78, 5) is 0. The Hall–Kier alpha value is -0.600. The van der Waals surface area contributed by atoms with Crippen LogP contribution < -0.4 is 0 Å². The van der Waals surface area contributed by atoms with E-state index in [-0.39, 0.29) is 0 Å². The molecule has 0 aromatic rings. The van der Waals surface area contributed by atoms with E-state index in [2.05, 4.69) is 0 Å². The number of rotatable bonds is 36. The summed E-state index contributed by atoms with van der Waals surface area (Å²) in [5.41, 5.74) is 0. The van der Waals surface area contributed by atoms with Gasteiger partial charge in [-0.15, -0.1) is 0 Å². The lowest BCUT2D eigenvalue weighted by Crippen LogP contribution is -2.12. The molecule has 0 radical (unpaired) electrons. The molecule has 0 amide bonds. The third-order valence-electron chi connectivity index (χ3n) is 4.82. The Kier molecular flexibility index (Phi) is 57.4. The highest BCUT2D eigenvalue weighted by Crippen LogP contribution is 1.84. The van der Waals surface area contributed by atoms with Crippen molar-refractivity contribution in [1.29, 1.82) is 0 Å². The van der Waals surface area contributed by atoms with Gasteiger partial charge in [-0.05, 0) is 0 Å². The molecule has 0 saturated heterocycles. The summed E-state index contributed by atoms with van der Waals surface area (Å²) >= 11 is 0. The Bertz CT molecular complexity index is 356. The maximum atomic E-state index is 5.26. The second kappa shape index (κ2) is 52.9. The van der Waals surface area contributed by atoms with Crippen LogP contribution >= 0.6 is 0 Å². The van der Waals surface area contributed by atoms with Crippen molar-refractivity contribution < 1.29 is 71.1 Å². The van der Waals surface area contributed by atoms with Gasteiger partial charge < -0.3 is 71.1 Å². The predicted molar refractivity (Wildman–Crippen MR) is 169 cm³/mol. The zero-order chi connectivity index (χ0) is 33.6. The van der Waals surface area contributed by atoms with Crippen LogP contribution in [0, 0.1) is 0 Å². The van der Waals surface area contributed by atoms with Gasteiger partial charge in [-0.25, -0.2) is 0 Å². The van der Waals surface area contributed by atoms with Crippen LogP contribution in [0.15, 0.2) is 0 Å². The molecular formula is C30H66O15. The van der Waals surface area contributed by atoms with Crippen molar-refractivity contribution in [3.05, 3.63) is 0 Å². The summed E-state index contributed by atoms with van der Waals surface area (Å²) in [5.74, 6) is 0. The lowest BCUT2D eigenvalue weighted by molar-refractivity contribution is -0.00380. The van der Waals surface area contributed by atoms with E-state index in [1.54, 1.807) is 42.7 Å². The van der Waals surface area contributed by atoms with Crippen molar-refractivity contribution in [3.63, 3.8) is 0 Å². The smallest absolute Gasteiger partial charge is 0.0701 e. The fourth-order valence-electron chi connectivity index (χ4n) is 2.48. The lowest BCUT2D eigenvalue weighted by atomic mass is 10.7. The normalized spacial score (nSPS) is 10.8. The van der Waals surface area contributed by atoms with E-state index in [0.717, 1.165) is 0 Å². The molecule has 0 heterocycles. The monoisotopic (exact) mass is 666 g/mol. The molecule has 0 spiro atoms. The van der Waals surface area contributed by atoms with E-state index in [0.29, 0.717) is 159 Å². The standard InChI is InChI=1S/3C10H22O5/c3*1-11-3-5-13-7-9-15-10-8-14-6-4-12-2/h3*3-10H2,1-2H3. The van der Waals surface area contributed by atoms with Gasteiger partial charge in [0.2, 0.25) is 0 Å². The van der Waals surface area contributed by atoms with Crippen LogP contribution in [0.25, 0.3) is 0 Å². The zero-order valence-electron chi connectivity index (χ0n) is 29.1. The zero-order valence-corrected chi connectivity index (χ0v) is 29.1. The van der Waals surface area contributed by atoms with E-state index < -0.39 is 0 Å². The minimum Gasteiger partial charge on any atom is -0.382 e. The first-order valence-corrected chi connectivity index (χ1v) is 15.4. The van der Waals surface area contributed by atoms with Crippen molar-refractivity contribution in [2.75, 3.05) is 201 Å². The van der Waals surface area contributed by atoms with Crippen LogP contribution in [0.5, 0.6) is 0 Å². The van der Waals surface area contributed by atoms with Crippen LogP contribution in [0.3, 0.4) is 0 Å². The third kappa shape index (κ3) is 59.4. The largest absolute Gasteiger partial charge is 0.382 e. The molecular weight excluding hydrogens is 600 g/mol. The van der Waals surface area contributed by atoms with Gasteiger partial charge in [-0.1, -0.05) is 0 Å². The minimum atomic E-state index is 0.595. The van der Waals surface area contributed by atoms with Gasteiger partial charge in [-0.2, -0.15) is 0 Å². The lowest BCUT2D eigenvalue weighted by Gasteiger charge is -2.06. The van der Waals surface area contributed by atoms with Crippen LogP contribution in [0.4, 0.5) is 0 Å². The van der Waals surface area contributed by atoms with E-state index in [4.69, 9.17) is 71.1 Å². The second-order valence-electron chi connectivity index (χ2n) is 8.47. The molecule has 0 fully saturated rings. The molecule has 0 atom stereocenters. The molecule has 0 aliphatic carbocycles. The van der Waals surface area contributed by atoms with Crippen LogP contribution in [-0.2, 0) is 71.1 Å². The van der Waals surface area contributed by atoms with Gasteiger partial charge in [0.1, 0.15) is 0 Å². The number of hydrogen-bond donors (Lipinski definition) is 0. The predicted octanol–water partition coefficient (Wildman–Crippen LogP) is 0.987. The molecule has 276 valence electrons. The topological polar surface area (TPSA) is 138 Å². The molecule has 0 bridgehead atoms. The van der Waals surface area contributed by atoms with E-state index >= 15 is 0 Å². The fourth-order valence-corrected chi connectivity index (χ4v) is 2.48. The molecule has 0 saturated carbocycles. The highest BCUT2D eigenvalue weighted by atomic mass is 16.6. The number of hydrogen-bond acceptors (Lipinski definition) is 15. The van der Waals surface area contributed by atoms with Gasteiger partial charge >= 0.3 is 0 Å². The van der Waals surface area contributed by atoms with Crippen LogP contribution in [0.2, 0.25) is 0 Å². The van der Waals surface area contributed by atoms with Gasteiger partial charge in [-0.3, -0.25) is 0 Å². The molecule has 15 nitrogen and oxygen atoms in total. The molecule has 0 aliphatic heterocycles. The fraction of sp³-hybridized carbons (Fsp3) is 1.00. The first kappa shape index (κ1) is 48.8. The Labute approximate surface area is 272 Å². The van der Waals surface area contributed by atoms with Crippen LogP contribution in [-0.4, -0.2) is 201 Å². The quantitative estimate of drug-likeness (QED) is 0.0878. The highest BCUT2D eigenvalue weighted by molar-refractivity contribution is 4.36. The molecule has 15 heteroatoms. The summed E-state index contributed by atoms with van der Waals surface area (Å²) in [6.07, 6.45) is 0. The Morgan fingerprint density at radius 2 is 0.244 bits per heavy atom. The summed E-state index contributed by atoms with van der Waals surface area (Å²) in [6, 6.07) is 0. The summed E-state index contributed by atoms with van der Waals surface area (Å²) in [7, 11) is 9.90. The average Bonchev–Trinajstić information content (AvgIpc) is 3.06. The van der Waals surface area contributed by atoms with E-state index in [1.807, 2.05) is 0 Å². The van der Waals surface area contributed by atoms with E-state index in [9.17, 15) is 0 Å². The van der Waals surface area contributed by atoms with E-state index in [1.165, 1.54) is 0 Å². The molecule has 0 rings (SSSR count). The van der Waals surface area contributed by atoms with Gasteiger partial charge in [0.25, 0.3) is 0 Å². The number of ether oxygens (including phenoxy) is 15. The maximum absolute atomic E-state index is 5.26. The maximum Gasteiger partial charge on any atom is 0.0701 e. The SMILES string of the molecule is COCCOCCOCCOCCOC.COCCOCCOCCOCCOC.COCCOCCOCCOCCOC. The van der Waals surface area contributed by atoms with Gasteiger partial charge in [0.15, 0.2) is 0 Å². The minimum absolute atomic E-state index is 0.595. The average molecular weight is 667 g/mol. The van der Waals surface area contributed by atoms with Gasteiger partial charge in [0.05, 0.1) is 159 Å². The summed E-state index contributed by atoms with van der Waals surface area (Å²) < 4.78 is 76.0. The van der Waals surface area contributed by atoms with Crippen molar-refractivity contribution in [1.82, 2.24) is 0 Å². The van der Waals surface area contributed by atoms with Gasteiger partial charge in [0, 0.05) is 42.7 Å². The summed E-state index contributed by atoms with van der Waals surface area (Å²) in [6.45, 7) is 14.6. The second-order valence-corrected chi connectivity index (χ2v) is 8.47. The molecule has 0 unspecified atom stereocenters. The third-order valence-corrected chi connectivity index (χ3v) is 4.82. The molecule has 0 N–H and O–H groups in total. The molecule has 0 aromatic carbocycles. The van der Waals surface area contributed by atoms with Crippen molar-refractivity contribution in [2.24, 2.45) is 0 Å². The Morgan fingerprint density at radius 3 is 0.333 bits per heavy atom. The molecule has 45 heavy (non-hydrogen) atoms.